The van der Waals surface area contributed by atoms with Crippen LogP contribution in [0, 0.1) is 0 Å². The molecule has 0 aliphatic heterocycles. The molecule has 2 N–H and O–H groups in total. The Kier molecular flexibility index (Phi) is 3.48. The number of nitrogens with zero attached hydrogens (tertiary/aromatic N) is 4. The molecule has 17 heavy (non-hydrogen) atoms. The number of rotatable bonds is 4. The first-order chi connectivity index (χ1) is 8.16. The van der Waals surface area contributed by atoms with Crippen molar-refractivity contribution in [2.45, 2.75) is 11.7 Å². The fourth-order valence-electron chi connectivity index (χ4n) is 1.38. The van der Waals surface area contributed by atoms with Crippen LogP contribution in [0.1, 0.15) is 0 Å². The zero-order valence-electron chi connectivity index (χ0n) is 9.41. The van der Waals surface area contributed by atoms with Gasteiger partial charge in [-0.15, -0.1) is 0 Å². The number of nitrogens with two attached hydrogens (primary N) is 1. The molecule has 0 fully saturated rings. The second-order valence-electron chi connectivity index (χ2n) is 3.51. The van der Waals surface area contributed by atoms with Crippen LogP contribution in [-0.2, 0) is 13.6 Å². The molecule has 0 aliphatic carbocycles. The maximum absolute atomic E-state index is 11.5. The molecule has 2 aromatic rings. The summed E-state index contributed by atoms with van der Waals surface area (Å²) >= 11 is 1.55. The minimum absolute atomic E-state index is 0.0437. The molecule has 2 heterocycles. The lowest BCUT2D eigenvalue weighted by atomic mass is 10.4. The molecule has 0 unspecified atom stereocenters. The largest absolute Gasteiger partial charge is 0.398 e. The molecule has 2 aromatic heterocycles. The molecule has 0 saturated carbocycles. The fourth-order valence-corrected chi connectivity index (χ4v) is 2.20. The summed E-state index contributed by atoms with van der Waals surface area (Å²) < 4.78 is 3.30. The number of anilines is 1. The maximum atomic E-state index is 11.5. The van der Waals surface area contributed by atoms with E-state index in [2.05, 4.69) is 10.1 Å². The summed E-state index contributed by atoms with van der Waals surface area (Å²) in [6, 6.07) is 3.08. The van der Waals surface area contributed by atoms with Gasteiger partial charge in [-0.3, -0.25) is 4.79 Å². The van der Waals surface area contributed by atoms with Gasteiger partial charge in [-0.2, -0.15) is 5.10 Å². The van der Waals surface area contributed by atoms with Crippen molar-refractivity contribution in [2.24, 2.45) is 7.05 Å². The van der Waals surface area contributed by atoms with Crippen molar-refractivity contribution in [1.29, 1.82) is 0 Å². The Labute approximate surface area is 102 Å². The van der Waals surface area contributed by atoms with Crippen LogP contribution in [-0.4, -0.2) is 25.1 Å². The van der Waals surface area contributed by atoms with Gasteiger partial charge in [-0.1, -0.05) is 11.8 Å². The summed E-state index contributed by atoms with van der Waals surface area (Å²) in [6.45, 7) is 0.599. The lowest BCUT2D eigenvalue weighted by Gasteiger charge is -2.05. The number of pyridine rings is 1. The van der Waals surface area contributed by atoms with E-state index >= 15 is 0 Å². The number of aromatic nitrogens is 4. The minimum atomic E-state index is -0.0437. The predicted octanol–water partition coefficient (Wildman–Crippen LogP) is 0.351. The summed E-state index contributed by atoms with van der Waals surface area (Å²) in [7, 11) is 1.84. The quantitative estimate of drug-likeness (QED) is 0.793. The van der Waals surface area contributed by atoms with Crippen LogP contribution < -0.4 is 11.3 Å². The van der Waals surface area contributed by atoms with E-state index in [4.69, 9.17) is 5.73 Å². The van der Waals surface area contributed by atoms with Crippen LogP contribution in [0.5, 0.6) is 0 Å². The van der Waals surface area contributed by atoms with Gasteiger partial charge in [0.1, 0.15) is 6.33 Å². The van der Waals surface area contributed by atoms with Crippen LogP contribution in [0.15, 0.2) is 34.6 Å². The van der Waals surface area contributed by atoms with E-state index in [0.717, 1.165) is 10.9 Å². The Morgan fingerprint density at radius 3 is 3.00 bits per heavy atom. The van der Waals surface area contributed by atoms with Crippen LogP contribution in [0.25, 0.3) is 0 Å². The third-order valence-corrected chi connectivity index (χ3v) is 3.25. The number of aryl methyl sites for hydroxylation is 2. The lowest BCUT2D eigenvalue weighted by molar-refractivity contribution is 0.681. The third-order valence-electron chi connectivity index (χ3n) is 2.24. The highest BCUT2D eigenvalue weighted by atomic mass is 32.2. The highest BCUT2D eigenvalue weighted by Crippen LogP contribution is 2.13. The fraction of sp³-hybridized carbons (Fsp3) is 0.300. The molecule has 0 aromatic carbocycles. The number of hydrogen-bond acceptors (Lipinski definition) is 5. The smallest absolute Gasteiger partial charge is 0.250 e. The van der Waals surface area contributed by atoms with Crippen molar-refractivity contribution in [3.05, 3.63) is 35.0 Å². The molecule has 0 saturated heterocycles. The van der Waals surface area contributed by atoms with Crippen LogP contribution in [0.4, 0.5) is 5.69 Å². The van der Waals surface area contributed by atoms with E-state index in [9.17, 15) is 4.79 Å². The molecule has 6 nitrogen and oxygen atoms in total. The number of nitrogen functional groups attached to an aromatic ring is 1. The Hall–Kier alpha value is -1.76. The Morgan fingerprint density at radius 1 is 1.47 bits per heavy atom. The summed E-state index contributed by atoms with van der Waals surface area (Å²) in [5, 5.41) is 4.81. The van der Waals surface area contributed by atoms with Crippen molar-refractivity contribution < 1.29 is 0 Å². The first-order valence-electron chi connectivity index (χ1n) is 5.09. The van der Waals surface area contributed by atoms with Crippen molar-refractivity contribution >= 4 is 17.4 Å². The predicted molar refractivity (Wildman–Crippen MR) is 66.8 cm³/mol. The molecule has 2 rings (SSSR count). The monoisotopic (exact) mass is 251 g/mol. The Morgan fingerprint density at radius 2 is 2.29 bits per heavy atom. The second-order valence-corrected chi connectivity index (χ2v) is 4.57. The van der Waals surface area contributed by atoms with E-state index in [0.29, 0.717) is 12.2 Å². The minimum Gasteiger partial charge on any atom is -0.398 e. The average molecular weight is 251 g/mol. The average Bonchev–Trinajstić information content (AvgIpc) is 2.70. The topological polar surface area (TPSA) is 78.7 Å². The van der Waals surface area contributed by atoms with Gasteiger partial charge in [0.15, 0.2) is 5.16 Å². The van der Waals surface area contributed by atoms with Gasteiger partial charge >= 0.3 is 0 Å². The Balaban J connectivity index is 1.97. The van der Waals surface area contributed by atoms with E-state index < -0.39 is 0 Å². The molecular formula is C10H13N5OS. The molecule has 7 heteroatoms. The molecule has 0 radical (unpaired) electrons. The summed E-state index contributed by atoms with van der Waals surface area (Å²) in [5.74, 6) is 0.746. The molecule has 90 valence electrons. The van der Waals surface area contributed by atoms with Crippen molar-refractivity contribution in [2.75, 3.05) is 11.5 Å². The van der Waals surface area contributed by atoms with E-state index in [1.54, 1.807) is 33.3 Å². The van der Waals surface area contributed by atoms with Gasteiger partial charge < -0.3 is 10.3 Å². The SMILES string of the molecule is Cn1ncnc1SCCn1cc(N)ccc1=O. The normalized spacial score (nSPS) is 10.6. The summed E-state index contributed by atoms with van der Waals surface area (Å²) in [4.78, 5) is 15.6. The molecular weight excluding hydrogens is 238 g/mol. The zero-order chi connectivity index (χ0) is 12.3. The van der Waals surface area contributed by atoms with Crippen molar-refractivity contribution in [3.8, 4) is 0 Å². The van der Waals surface area contributed by atoms with Gasteiger partial charge in [0.25, 0.3) is 5.56 Å². The zero-order valence-corrected chi connectivity index (χ0v) is 10.2. The number of thioether (sulfide) groups is 1. The third kappa shape index (κ3) is 2.88. The van der Waals surface area contributed by atoms with Gasteiger partial charge in [0, 0.05) is 37.3 Å². The highest BCUT2D eigenvalue weighted by molar-refractivity contribution is 7.99. The van der Waals surface area contributed by atoms with Crippen LogP contribution in [0.2, 0.25) is 0 Å². The first kappa shape index (κ1) is 11.7. The second kappa shape index (κ2) is 5.05. The van der Waals surface area contributed by atoms with Gasteiger partial charge in [0.05, 0.1) is 0 Å². The van der Waals surface area contributed by atoms with E-state index in [1.807, 2.05) is 7.05 Å². The van der Waals surface area contributed by atoms with Crippen molar-refractivity contribution in [1.82, 2.24) is 19.3 Å². The van der Waals surface area contributed by atoms with Crippen molar-refractivity contribution in [3.63, 3.8) is 0 Å². The maximum Gasteiger partial charge on any atom is 0.250 e. The molecule has 0 aliphatic rings. The summed E-state index contributed by atoms with van der Waals surface area (Å²) in [5.41, 5.74) is 6.17. The molecule has 0 amide bonds. The first-order valence-corrected chi connectivity index (χ1v) is 6.08. The van der Waals surface area contributed by atoms with Crippen LogP contribution >= 0.6 is 11.8 Å². The van der Waals surface area contributed by atoms with Gasteiger partial charge in [-0.05, 0) is 6.07 Å². The summed E-state index contributed by atoms with van der Waals surface area (Å²) in [6.07, 6.45) is 3.16. The molecule has 0 spiro atoms. The standard InChI is InChI=1S/C10H13N5OS/c1-14-10(12-7-13-14)17-5-4-15-6-8(11)2-3-9(15)16/h2-3,6-7H,4-5,11H2,1H3. The number of hydrogen-bond donors (Lipinski definition) is 1. The van der Waals surface area contributed by atoms with Gasteiger partial charge in [-0.25, -0.2) is 9.67 Å². The van der Waals surface area contributed by atoms with Gasteiger partial charge in [0.2, 0.25) is 0 Å². The Bertz CT molecular complexity index is 562. The molecule has 0 bridgehead atoms. The van der Waals surface area contributed by atoms with E-state index in [-0.39, 0.29) is 5.56 Å². The highest BCUT2D eigenvalue weighted by Gasteiger charge is 2.02. The van der Waals surface area contributed by atoms with Crippen LogP contribution in [0.3, 0.4) is 0 Å². The molecule has 0 atom stereocenters. The van der Waals surface area contributed by atoms with E-state index in [1.165, 1.54) is 12.4 Å². The lowest BCUT2D eigenvalue weighted by Crippen LogP contribution is -2.20.